The molecule has 0 atom stereocenters. The minimum atomic E-state index is 0.963. The summed E-state index contributed by atoms with van der Waals surface area (Å²) >= 11 is 0. The van der Waals surface area contributed by atoms with Gasteiger partial charge in [0.05, 0.1) is 0 Å². The lowest BCUT2D eigenvalue weighted by atomic mass is 9.92. The molecule has 0 unspecified atom stereocenters. The predicted octanol–water partition coefficient (Wildman–Crippen LogP) is 4.65. The molecule has 2 rings (SSSR count). The highest BCUT2D eigenvalue weighted by molar-refractivity contribution is 5.82. The van der Waals surface area contributed by atoms with Crippen molar-refractivity contribution in [2.45, 2.75) is 26.9 Å². The molecule has 0 radical (unpaired) electrons. The van der Waals surface area contributed by atoms with Crippen LogP contribution in [-0.4, -0.2) is 38.0 Å². The Bertz CT molecular complexity index is 652. The topological polar surface area (TPSA) is 6.48 Å². The van der Waals surface area contributed by atoms with Crippen LogP contribution in [0.5, 0.6) is 0 Å². The number of hydrogen-bond donors (Lipinski definition) is 0. The first-order valence-electron chi connectivity index (χ1n) is 8.52. The third-order valence-corrected chi connectivity index (χ3v) is 3.93. The third-order valence-electron chi connectivity index (χ3n) is 3.93. The van der Waals surface area contributed by atoms with Gasteiger partial charge < -0.3 is 9.80 Å². The van der Waals surface area contributed by atoms with Gasteiger partial charge in [-0.05, 0) is 82.0 Å². The maximum Gasteiger partial charge on any atom is 0.0227 e. The molecule has 0 N–H and O–H groups in total. The van der Waals surface area contributed by atoms with Crippen LogP contribution < -0.4 is 0 Å². The first-order valence-corrected chi connectivity index (χ1v) is 8.52. The van der Waals surface area contributed by atoms with Gasteiger partial charge in [-0.3, -0.25) is 0 Å². The Morgan fingerprint density at radius 1 is 0.708 bits per heavy atom. The molecular weight excluding hydrogens is 292 g/mol. The van der Waals surface area contributed by atoms with E-state index in [2.05, 4.69) is 100 Å². The van der Waals surface area contributed by atoms with E-state index in [1.54, 1.807) is 0 Å². The van der Waals surface area contributed by atoms with Crippen LogP contribution in [0.2, 0.25) is 0 Å². The minimum Gasteiger partial charge on any atom is -0.305 e. The van der Waals surface area contributed by atoms with Gasteiger partial charge in [0.15, 0.2) is 0 Å². The summed E-state index contributed by atoms with van der Waals surface area (Å²) in [7, 11) is 8.44. The van der Waals surface area contributed by atoms with Crippen molar-refractivity contribution in [2.24, 2.45) is 0 Å². The lowest BCUT2D eigenvalue weighted by Crippen LogP contribution is -2.11. The van der Waals surface area contributed by atoms with Gasteiger partial charge in [-0.2, -0.15) is 0 Å². The first-order chi connectivity index (χ1) is 11.4. The second-order valence-corrected chi connectivity index (χ2v) is 7.25. The maximum atomic E-state index is 2.32. The quantitative estimate of drug-likeness (QED) is 0.764. The van der Waals surface area contributed by atoms with Crippen molar-refractivity contribution in [3.63, 3.8) is 0 Å². The lowest BCUT2D eigenvalue weighted by molar-refractivity contribution is 0.402. The number of benzene rings is 2. The molecule has 0 bridgehead atoms. The second kappa shape index (κ2) is 8.27. The Morgan fingerprint density at radius 2 is 1.12 bits per heavy atom. The third kappa shape index (κ3) is 5.05. The van der Waals surface area contributed by atoms with Crippen LogP contribution in [0.15, 0.2) is 54.1 Å². The Labute approximate surface area is 147 Å². The normalized spacial score (nSPS) is 11.2. The maximum absolute atomic E-state index is 2.32. The fourth-order valence-corrected chi connectivity index (χ4v) is 3.12. The number of nitrogens with zero attached hydrogens (tertiary/aromatic N) is 2. The number of allylic oxidation sites excluding steroid dienone is 1. The van der Waals surface area contributed by atoms with Gasteiger partial charge in [-0.15, -0.1) is 0 Å². The van der Waals surface area contributed by atoms with Crippen molar-refractivity contribution in [1.29, 1.82) is 0 Å². The Balaban J connectivity index is 2.43. The zero-order valence-corrected chi connectivity index (χ0v) is 15.9. The van der Waals surface area contributed by atoms with Crippen LogP contribution in [0.4, 0.5) is 0 Å². The average Bonchev–Trinajstić information content (AvgIpc) is 2.46. The standard InChI is InChI=1S/C22H30N2/c1-17(2)22(20-11-7-9-18(13-20)15-23(3)4)21-12-8-10-19(14-21)16-24(5)6/h7-14H,15-16H2,1-6H3. The van der Waals surface area contributed by atoms with Crippen molar-refractivity contribution in [3.8, 4) is 0 Å². The van der Waals surface area contributed by atoms with Gasteiger partial charge in [0.1, 0.15) is 0 Å². The van der Waals surface area contributed by atoms with E-state index in [4.69, 9.17) is 0 Å². The molecule has 2 heteroatoms. The molecule has 24 heavy (non-hydrogen) atoms. The van der Waals surface area contributed by atoms with Crippen LogP contribution in [-0.2, 0) is 13.1 Å². The molecule has 0 aromatic heterocycles. The van der Waals surface area contributed by atoms with E-state index >= 15 is 0 Å². The molecule has 2 aromatic rings. The smallest absolute Gasteiger partial charge is 0.0227 e. The molecular formula is C22H30N2. The average molecular weight is 322 g/mol. The molecule has 2 nitrogen and oxygen atoms in total. The van der Waals surface area contributed by atoms with Gasteiger partial charge in [0, 0.05) is 13.1 Å². The van der Waals surface area contributed by atoms with Crippen molar-refractivity contribution in [3.05, 3.63) is 76.4 Å². The van der Waals surface area contributed by atoms with Crippen LogP contribution >= 0.6 is 0 Å². The molecule has 0 aliphatic carbocycles. The molecule has 0 saturated heterocycles. The summed E-state index contributed by atoms with van der Waals surface area (Å²) in [5.74, 6) is 0. The summed E-state index contributed by atoms with van der Waals surface area (Å²) in [6, 6.07) is 17.8. The van der Waals surface area contributed by atoms with Crippen molar-refractivity contribution in [1.82, 2.24) is 9.80 Å². The summed E-state index contributed by atoms with van der Waals surface area (Å²) in [6.07, 6.45) is 0. The van der Waals surface area contributed by atoms with Gasteiger partial charge in [0.2, 0.25) is 0 Å². The van der Waals surface area contributed by atoms with E-state index in [1.165, 1.54) is 33.4 Å². The summed E-state index contributed by atoms with van der Waals surface area (Å²) in [5.41, 5.74) is 7.99. The monoisotopic (exact) mass is 322 g/mol. The van der Waals surface area contributed by atoms with E-state index in [9.17, 15) is 0 Å². The largest absolute Gasteiger partial charge is 0.305 e. The molecule has 0 fully saturated rings. The van der Waals surface area contributed by atoms with E-state index < -0.39 is 0 Å². The molecule has 128 valence electrons. The molecule has 0 saturated carbocycles. The Hall–Kier alpha value is -1.90. The van der Waals surface area contributed by atoms with E-state index in [0.29, 0.717) is 0 Å². The van der Waals surface area contributed by atoms with Crippen LogP contribution in [0.25, 0.3) is 5.57 Å². The Morgan fingerprint density at radius 3 is 1.46 bits per heavy atom. The minimum absolute atomic E-state index is 0.963. The summed E-state index contributed by atoms with van der Waals surface area (Å²) in [6.45, 7) is 6.33. The molecule has 2 aromatic carbocycles. The predicted molar refractivity (Wildman–Crippen MR) is 105 cm³/mol. The van der Waals surface area contributed by atoms with Gasteiger partial charge in [-0.1, -0.05) is 42.0 Å². The fraction of sp³-hybridized carbons (Fsp3) is 0.364. The van der Waals surface area contributed by atoms with Crippen LogP contribution in [0.1, 0.15) is 36.1 Å². The van der Waals surface area contributed by atoms with Gasteiger partial charge in [0.25, 0.3) is 0 Å². The van der Waals surface area contributed by atoms with Gasteiger partial charge in [-0.25, -0.2) is 0 Å². The lowest BCUT2D eigenvalue weighted by Gasteiger charge is -2.16. The van der Waals surface area contributed by atoms with Crippen molar-refractivity contribution in [2.75, 3.05) is 28.2 Å². The highest BCUT2D eigenvalue weighted by Gasteiger charge is 2.09. The number of hydrogen-bond acceptors (Lipinski definition) is 2. The summed E-state index contributed by atoms with van der Waals surface area (Å²) in [4.78, 5) is 4.41. The Kier molecular flexibility index (Phi) is 6.36. The molecule has 0 amide bonds. The number of rotatable bonds is 6. The van der Waals surface area contributed by atoms with E-state index in [0.717, 1.165) is 13.1 Å². The summed E-state index contributed by atoms with van der Waals surface area (Å²) in [5, 5.41) is 0. The van der Waals surface area contributed by atoms with Crippen molar-refractivity contribution < 1.29 is 0 Å². The van der Waals surface area contributed by atoms with E-state index in [1.807, 2.05) is 0 Å². The SMILES string of the molecule is CC(C)=C(c1cccc(CN(C)C)c1)c1cccc(CN(C)C)c1. The summed E-state index contributed by atoms with van der Waals surface area (Å²) < 4.78 is 0. The van der Waals surface area contributed by atoms with Crippen LogP contribution in [0, 0.1) is 0 Å². The zero-order chi connectivity index (χ0) is 17.7. The van der Waals surface area contributed by atoms with E-state index in [-0.39, 0.29) is 0 Å². The highest BCUT2D eigenvalue weighted by Crippen LogP contribution is 2.28. The van der Waals surface area contributed by atoms with Crippen molar-refractivity contribution >= 4 is 5.57 Å². The van der Waals surface area contributed by atoms with Crippen LogP contribution in [0.3, 0.4) is 0 Å². The zero-order valence-electron chi connectivity index (χ0n) is 15.9. The first kappa shape index (κ1) is 18.4. The molecule has 0 aliphatic rings. The molecule has 0 spiro atoms. The van der Waals surface area contributed by atoms with Gasteiger partial charge >= 0.3 is 0 Å². The fourth-order valence-electron chi connectivity index (χ4n) is 3.12. The second-order valence-electron chi connectivity index (χ2n) is 7.25. The molecule has 0 heterocycles. The highest BCUT2D eigenvalue weighted by atomic mass is 15.1. The molecule has 0 aliphatic heterocycles.